The third kappa shape index (κ3) is 1.93. The molecular weight excluding hydrogens is 204 g/mol. The van der Waals surface area contributed by atoms with Crippen LogP contribution in [-0.2, 0) is 6.42 Å². The number of rotatable bonds is 1. The molecule has 0 aromatic carbocycles. The van der Waals surface area contributed by atoms with Crippen molar-refractivity contribution in [3.05, 3.63) is 17.4 Å². The number of ketones is 1. The molecule has 0 N–H and O–H groups in total. The summed E-state index contributed by atoms with van der Waals surface area (Å²) in [6.45, 7) is 8.83. The van der Waals surface area contributed by atoms with Gasteiger partial charge in [-0.05, 0) is 12.0 Å². The van der Waals surface area contributed by atoms with Gasteiger partial charge in [-0.3, -0.25) is 4.79 Å². The molecule has 0 amide bonds. The SMILES string of the molecule is C[C@@H]1CC(=O)c2cc([Si](C)(C)C)oc2C1. The fraction of sp³-hybridized carbons (Fsp3) is 0.583. The second-order valence-corrected chi connectivity index (χ2v) is 10.6. The number of hydrogen-bond donors (Lipinski definition) is 0. The quantitative estimate of drug-likeness (QED) is 0.684. The van der Waals surface area contributed by atoms with Gasteiger partial charge in [-0.2, -0.15) is 0 Å². The van der Waals surface area contributed by atoms with Crippen LogP contribution in [0.4, 0.5) is 0 Å². The van der Waals surface area contributed by atoms with Gasteiger partial charge in [-0.1, -0.05) is 26.6 Å². The summed E-state index contributed by atoms with van der Waals surface area (Å²) in [6.07, 6.45) is 1.60. The van der Waals surface area contributed by atoms with E-state index in [1.807, 2.05) is 6.07 Å². The van der Waals surface area contributed by atoms with E-state index < -0.39 is 8.07 Å². The molecule has 1 heterocycles. The topological polar surface area (TPSA) is 30.2 Å². The van der Waals surface area contributed by atoms with Crippen LogP contribution in [0, 0.1) is 5.92 Å². The second kappa shape index (κ2) is 3.34. The van der Waals surface area contributed by atoms with E-state index in [0.717, 1.165) is 23.1 Å². The van der Waals surface area contributed by atoms with Crippen LogP contribution in [0.5, 0.6) is 0 Å². The maximum absolute atomic E-state index is 11.8. The third-order valence-electron chi connectivity index (χ3n) is 2.92. The summed E-state index contributed by atoms with van der Waals surface area (Å²) in [5, 5.41) is 1.06. The molecule has 0 unspecified atom stereocenters. The van der Waals surface area contributed by atoms with E-state index >= 15 is 0 Å². The number of hydrogen-bond acceptors (Lipinski definition) is 2. The lowest BCUT2D eigenvalue weighted by Crippen LogP contribution is -2.36. The van der Waals surface area contributed by atoms with E-state index in [9.17, 15) is 4.79 Å². The minimum atomic E-state index is -1.42. The monoisotopic (exact) mass is 222 g/mol. The maximum atomic E-state index is 11.8. The zero-order chi connectivity index (χ0) is 11.2. The first kappa shape index (κ1) is 10.7. The third-order valence-corrected chi connectivity index (χ3v) is 4.64. The highest BCUT2D eigenvalue weighted by molar-refractivity contribution is 6.87. The Morgan fingerprint density at radius 3 is 2.60 bits per heavy atom. The first-order valence-electron chi connectivity index (χ1n) is 5.54. The summed E-state index contributed by atoms with van der Waals surface area (Å²) in [7, 11) is -1.42. The van der Waals surface area contributed by atoms with E-state index in [0.29, 0.717) is 12.3 Å². The zero-order valence-corrected chi connectivity index (χ0v) is 10.9. The van der Waals surface area contributed by atoms with E-state index in [1.165, 1.54) is 0 Å². The van der Waals surface area contributed by atoms with Crippen molar-refractivity contribution >= 4 is 19.2 Å². The van der Waals surface area contributed by atoms with Crippen LogP contribution in [0.15, 0.2) is 10.5 Å². The van der Waals surface area contributed by atoms with Crippen molar-refractivity contribution in [1.29, 1.82) is 0 Å². The molecule has 1 aromatic rings. The summed E-state index contributed by atoms with van der Waals surface area (Å²) < 4.78 is 5.85. The molecule has 0 spiro atoms. The van der Waals surface area contributed by atoms with Crippen LogP contribution in [0.1, 0.15) is 29.5 Å². The van der Waals surface area contributed by atoms with Crippen LogP contribution in [-0.4, -0.2) is 13.9 Å². The Morgan fingerprint density at radius 2 is 2.00 bits per heavy atom. The number of carbonyl (C=O) groups excluding carboxylic acids is 1. The van der Waals surface area contributed by atoms with Crippen molar-refractivity contribution < 1.29 is 9.21 Å². The minimum Gasteiger partial charge on any atom is -0.470 e. The molecule has 1 aromatic heterocycles. The first-order chi connectivity index (χ1) is 6.88. The lowest BCUT2D eigenvalue weighted by Gasteiger charge is -2.15. The summed E-state index contributed by atoms with van der Waals surface area (Å²) >= 11 is 0. The molecule has 1 aliphatic rings. The highest BCUT2D eigenvalue weighted by Gasteiger charge is 2.30. The summed E-state index contributed by atoms with van der Waals surface area (Å²) in [5.74, 6) is 1.62. The number of furan rings is 1. The number of carbonyl (C=O) groups is 1. The second-order valence-electron chi connectivity index (χ2n) is 5.63. The highest BCUT2D eigenvalue weighted by Crippen LogP contribution is 2.26. The van der Waals surface area contributed by atoms with Gasteiger partial charge in [0.25, 0.3) is 0 Å². The van der Waals surface area contributed by atoms with Gasteiger partial charge >= 0.3 is 0 Å². The van der Waals surface area contributed by atoms with Crippen molar-refractivity contribution in [3.8, 4) is 0 Å². The molecular formula is C12H18O2Si. The Morgan fingerprint density at radius 1 is 1.33 bits per heavy atom. The maximum Gasteiger partial charge on any atom is 0.166 e. The summed E-state index contributed by atoms with van der Waals surface area (Å²) in [5.41, 5.74) is 0.852. The Bertz CT molecular complexity index is 398. The van der Waals surface area contributed by atoms with Crippen LogP contribution < -0.4 is 5.38 Å². The zero-order valence-electron chi connectivity index (χ0n) is 9.89. The van der Waals surface area contributed by atoms with Crippen molar-refractivity contribution in [3.63, 3.8) is 0 Å². The molecule has 15 heavy (non-hydrogen) atoms. The largest absolute Gasteiger partial charge is 0.470 e. The molecule has 1 atom stereocenters. The molecule has 2 nitrogen and oxygen atoms in total. The van der Waals surface area contributed by atoms with E-state index in [4.69, 9.17) is 4.42 Å². The average Bonchev–Trinajstić information content (AvgIpc) is 2.46. The van der Waals surface area contributed by atoms with Gasteiger partial charge in [0.15, 0.2) is 5.78 Å². The van der Waals surface area contributed by atoms with Crippen LogP contribution >= 0.6 is 0 Å². The van der Waals surface area contributed by atoms with Gasteiger partial charge in [-0.25, -0.2) is 0 Å². The molecule has 3 heteroatoms. The summed E-state index contributed by atoms with van der Waals surface area (Å²) in [4.78, 5) is 11.8. The minimum absolute atomic E-state index is 0.261. The fourth-order valence-electron chi connectivity index (χ4n) is 2.00. The smallest absolute Gasteiger partial charge is 0.166 e. The average molecular weight is 222 g/mol. The van der Waals surface area contributed by atoms with Gasteiger partial charge < -0.3 is 4.42 Å². The van der Waals surface area contributed by atoms with Crippen LogP contribution in [0.25, 0.3) is 0 Å². The Balaban J connectivity index is 2.44. The highest BCUT2D eigenvalue weighted by atomic mass is 28.3. The van der Waals surface area contributed by atoms with E-state index in [2.05, 4.69) is 26.6 Å². The number of Topliss-reactive ketones (excluding diaryl/α,β-unsaturated/α-hetero) is 1. The summed E-state index contributed by atoms with van der Waals surface area (Å²) in [6, 6.07) is 2.00. The lowest BCUT2D eigenvalue weighted by atomic mass is 9.89. The van der Waals surface area contributed by atoms with Crippen molar-refractivity contribution in [2.24, 2.45) is 5.92 Å². The van der Waals surface area contributed by atoms with Crippen molar-refractivity contribution in [2.75, 3.05) is 0 Å². The van der Waals surface area contributed by atoms with E-state index in [-0.39, 0.29) is 5.78 Å². The fourth-order valence-corrected chi connectivity index (χ4v) is 3.01. The predicted molar refractivity (Wildman–Crippen MR) is 63.5 cm³/mol. The normalized spacial score (nSPS) is 21.6. The molecule has 82 valence electrons. The standard InChI is InChI=1S/C12H18O2Si/c1-8-5-10(13)9-7-12(15(2,3)4)14-11(9)6-8/h7-8H,5-6H2,1-4H3/t8-/m1/s1. The van der Waals surface area contributed by atoms with Gasteiger partial charge in [0.1, 0.15) is 13.8 Å². The Labute approximate surface area is 91.7 Å². The molecule has 0 saturated carbocycles. The molecule has 0 fully saturated rings. The lowest BCUT2D eigenvalue weighted by molar-refractivity contribution is 0.0949. The van der Waals surface area contributed by atoms with E-state index in [1.54, 1.807) is 0 Å². The molecule has 0 aliphatic heterocycles. The molecule has 0 bridgehead atoms. The number of fused-ring (bicyclic) bond motifs is 1. The van der Waals surface area contributed by atoms with Gasteiger partial charge in [0, 0.05) is 12.8 Å². The van der Waals surface area contributed by atoms with Gasteiger partial charge in [0.2, 0.25) is 0 Å². The molecule has 2 rings (SSSR count). The molecule has 0 radical (unpaired) electrons. The molecule has 1 aliphatic carbocycles. The predicted octanol–water partition coefficient (Wildman–Crippen LogP) is 2.59. The Kier molecular flexibility index (Phi) is 2.38. The Hall–Kier alpha value is -0.833. The van der Waals surface area contributed by atoms with Crippen LogP contribution in [0.3, 0.4) is 0 Å². The first-order valence-corrected chi connectivity index (χ1v) is 9.04. The van der Waals surface area contributed by atoms with Crippen LogP contribution in [0.2, 0.25) is 19.6 Å². The van der Waals surface area contributed by atoms with Gasteiger partial charge in [-0.15, -0.1) is 0 Å². The van der Waals surface area contributed by atoms with Gasteiger partial charge in [0.05, 0.1) is 10.9 Å². The molecule has 0 saturated heterocycles. The van der Waals surface area contributed by atoms with Crippen molar-refractivity contribution in [1.82, 2.24) is 0 Å². The van der Waals surface area contributed by atoms with Crippen molar-refractivity contribution in [2.45, 2.75) is 39.4 Å².